The number of nitrogens with one attached hydrogen (secondary N) is 1. The summed E-state index contributed by atoms with van der Waals surface area (Å²) in [5.41, 5.74) is 9.39. The zero-order valence-electron chi connectivity index (χ0n) is 17.5. The first-order valence-electron chi connectivity index (χ1n) is 10.3. The molecule has 0 radical (unpaired) electrons. The van der Waals surface area contributed by atoms with Crippen molar-refractivity contribution in [3.63, 3.8) is 0 Å². The number of carbonyl (C=O) groups is 2. The lowest BCUT2D eigenvalue weighted by Gasteiger charge is -2.28. The number of aromatic nitrogens is 4. The highest BCUT2D eigenvalue weighted by Gasteiger charge is 2.29. The molecule has 1 aliphatic heterocycles. The molecule has 3 heterocycles. The molecule has 3 amide bonds. The van der Waals surface area contributed by atoms with Crippen LogP contribution in [0.15, 0.2) is 67.3 Å². The van der Waals surface area contributed by atoms with Crippen LogP contribution < -0.4 is 11.1 Å². The van der Waals surface area contributed by atoms with E-state index in [9.17, 15) is 9.59 Å². The third kappa shape index (κ3) is 4.06. The Labute approximate surface area is 194 Å². The van der Waals surface area contributed by atoms with Crippen LogP contribution in [0, 0.1) is 0 Å². The van der Waals surface area contributed by atoms with Crippen molar-refractivity contribution in [2.24, 2.45) is 5.73 Å². The minimum Gasteiger partial charge on any atom is -0.365 e. The number of rotatable bonds is 4. The van der Waals surface area contributed by atoms with Gasteiger partial charge < -0.3 is 20.5 Å². The van der Waals surface area contributed by atoms with Crippen LogP contribution in [0.2, 0.25) is 5.02 Å². The van der Waals surface area contributed by atoms with E-state index in [0.717, 1.165) is 5.69 Å². The monoisotopic (exact) mass is 461 g/mol. The topological polar surface area (TPSA) is 111 Å². The van der Waals surface area contributed by atoms with E-state index < -0.39 is 5.91 Å². The molecule has 0 fully saturated rings. The van der Waals surface area contributed by atoms with Gasteiger partial charge in [0, 0.05) is 40.9 Å². The Balaban J connectivity index is 1.36. The average molecular weight is 462 g/mol. The first-order valence-corrected chi connectivity index (χ1v) is 10.7. The fraction of sp³-hybridized carbons (Fsp3) is 0.130. The van der Waals surface area contributed by atoms with Crippen molar-refractivity contribution in [2.75, 3.05) is 11.9 Å². The van der Waals surface area contributed by atoms with Crippen LogP contribution in [0.1, 0.15) is 16.1 Å². The average Bonchev–Trinajstić information content (AvgIpc) is 3.47. The predicted octanol–water partition coefficient (Wildman–Crippen LogP) is 3.54. The van der Waals surface area contributed by atoms with Crippen LogP contribution in [0.25, 0.3) is 16.9 Å². The molecule has 2 aromatic carbocycles. The van der Waals surface area contributed by atoms with Gasteiger partial charge in [-0.25, -0.2) is 9.78 Å². The Morgan fingerprint density at radius 2 is 1.91 bits per heavy atom. The maximum atomic E-state index is 12.9. The lowest BCUT2D eigenvalue weighted by Crippen LogP contribution is -2.41. The Kier molecular flexibility index (Phi) is 5.31. The van der Waals surface area contributed by atoms with Gasteiger partial charge in [-0.15, -0.1) is 0 Å². The van der Waals surface area contributed by atoms with Crippen LogP contribution >= 0.6 is 11.6 Å². The molecular formula is C23H20ClN7O2. The minimum atomic E-state index is -0.594. The van der Waals surface area contributed by atoms with Crippen LogP contribution in [0.5, 0.6) is 0 Å². The first-order chi connectivity index (χ1) is 16.0. The van der Waals surface area contributed by atoms with Crippen LogP contribution in [0.3, 0.4) is 0 Å². The number of hydrogen-bond donors (Lipinski definition) is 2. The molecule has 0 aliphatic carbocycles. The number of nitrogens with zero attached hydrogens (tertiary/aromatic N) is 5. The highest BCUT2D eigenvalue weighted by atomic mass is 35.5. The molecule has 0 bridgehead atoms. The molecular weight excluding hydrogens is 442 g/mol. The number of fused-ring (bicyclic) bond motifs is 1. The normalized spacial score (nSPS) is 12.9. The molecule has 10 heteroatoms. The van der Waals surface area contributed by atoms with E-state index in [-0.39, 0.29) is 12.6 Å². The third-order valence-corrected chi connectivity index (χ3v) is 5.77. The third-order valence-electron chi connectivity index (χ3n) is 5.53. The highest BCUT2D eigenvalue weighted by Crippen LogP contribution is 2.30. The minimum absolute atomic E-state index is 0.213. The summed E-state index contributed by atoms with van der Waals surface area (Å²) < 4.78 is 3.61. The fourth-order valence-electron chi connectivity index (χ4n) is 3.92. The molecule has 4 aromatic rings. The largest absolute Gasteiger partial charge is 0.365 e. The molecule has 33 heavy (non-hydrogen) atoms. The zero-order valence-corrected chi connectivity index (χ0v) is 18.2. The van der Waals surface area contributed by atoms with Gasteiger partial charge in [0.2, 0.25) is 0 Å². The molecule has 1 aliphatic rings. The highest BCUT2D eigenvalue weighted by molar-refractivity contribution is 6.30. The van der Waals surface area contributed by atoms with Crippen LogP contribution in [-0.2, 0) is 13.1 Å². The number of benzene rings is 2. The van der Waals surface area contributed by atoms with E-state index in [2.05, 4.69) is 15.4 Å². The second kappa shape index (κ2) is 8.44. The Bertz CT molecular complexity index is 1330. The second-order valence-electron chi connectivity index (χ2n) is 7.64. The van der Waals surface area contributed by atoms with Gasteiger partial charge in [0.15, 0.2) is 0 Å². The maximum Gasteiger partial charge on any atom is 0.322 e. The van der Waals surface area contributed by atoms with Gasteiger partial charge in [0.05, 0.1) is 30.7 Å². The summed E-state index contributed by atoms with van der Waals surface area (Å²) in [6, 6.07) is 14.3. The Morgan fingerprint density at radius 1 is 1.09 bits per heavy atom. The van der Waals surface area contributed by atoms with E-state index in [4.69, 9.17) is 17.3 Å². The summed E-state index contributed by atoms with van der Waals surface area (Å²) in [6.45, 7) is 1.11. The quantitative estimate of drug-likeness (QED) is 0.484. The van der Waals surface area contributed by atoms with Gasteiger partial charge in [0.25, 0.3) is 5.91 Å². The summed E-state index contributed by atoms with van der Waals surface area (Å²) in [6.07, 6.45) is 5.26. The Hall–Kier alpha value is -4.11. The standard InChI is InChI=1S/C23H20ClN7O2/c24-16-3-1-2-15(12-16)21-20(22(25)32)19-13-29(10-11-31(19)28-21)23(33)27-17-4-6-18(7-5-17)30-9-8-26-14-30/h1-9,12,14H,10-11,13H2,(H2,25,32)(H,27,33). The Morgan fingerprint density at radius 3 is 2.61 bits per heavy atom. The summed E-state index contributed by atoms with van der Waals surface area (Å²) in [5, 5.41) is 8.03. The van der Waals surface area contributed by atoms with Crippen molar-refractivity contribution < 1.29 is 9.59 Å². The molecule has 166 valence electrons. The fourth-order valence-corrected chi connectivity index (χ4v) is 4.11. The van der Waals surface area contributed by atoms with E-state index in [1.54, 1.807) is 40.3 Å². The van der Waals surface area contributed by atoms with Gasteiger partial charge in [-0.1, -0.05) is 23.7 Å². The molecule has 0 saturated carbocycles. The molecule has 0 atom stereocenters. The number of carbonyl (C=O) groups excluding carboxylic acids is 2. The van der Waals surface area contributed by atoms with Crippen molar-refractivity contribution >= 4 is 29.2 Å². The number of primary amides is 1. The van der Waals surface area contributed by atoms with E-state index >= 15 is 0 Å². The van der Waals surface area contributed by atoms with Crippen molar-refractivity contribution in [1.29, 1.82) is 0 Å². The molecule has 2 aromatic heterocycles. The van der Waals surface area contributed by atoms with Gasteiger partial charge in [-0.2, -0.15) is 5.10 Å². The zero-order chi connectivity index (χ0) is 22.9. The summed E-state index contributed by atoms with van der Waals surface area (Å²) in [7, 11) is 0. The van der Waals surface area contributed by atoms with Crippen molar-refractivity contribution in [1.82, 2.24) is 24.2 Å². The molecule has 9 nitrogen and oxygen atoms in total. The van der Waals surface area contributed by atoms with E-state index in [0.29, 0.717) is 46.3 Å². The number of anilines is 1. The number of hydrogen-bond acceptors (Lipinski definition) is 4. The number of halogens is 1. The smallest absolute Gasteiger partial charge is 0.322 e. The van der Waals surface area contributed by atoms with Crippen molar-refractivity contribution in [3.8, 4) is 16.9 Å². The molecule has 0 saturated heterocycles. The lowest BCUT2D eigenvalue weighted by molar-refractivity contribution is 0.0997. The number of nitrogens with two attached hydrogens (primary N) is 1. The molecule has 0 unspecified atom stereocenters. The first kappa shape index (κ1) is 20.8. The lowest BCUT2D eigenvalue weighted by atomic mass is 10.0. The van der Waals surface area contributed by atoms with Gasteiger partial charge in [0.1, 0.15) is 5.69 Å². The van der Waals surface area contributed by atoms with Crippen molar-refractivity contribution in [2.45, 2.75) is 13.1 Å². The molecule has 0 spiro atoms. The van der Waals surface area contributed by atoms with Gasteiger partial charge in [-0.05, 0) is 36.4 Å². The number of imidazole rings is 1. The number of urea groups is 1. The van der Waals surface area contributed by atoms with E-state index in [1.807, 2.05) is 41.1 Å². The second-order valence-corrected chi connectivity index (χ2v) is 8.07. The van der Waals surface area contributed by atoms with Crippen LogP contribution in [-0.4, -0.2) is 42.7 Å². The molecule has 3 N–H and O–H groups in total. The van der Waals surface area contributed by atoms with E-state index in [1.165, 1.54) is 0 Å². The van der Waals surface area contributed by atoms with Gasteiger partial charge in [-0.3, -0.25) is 9.48 Å². The maximum absolute atomic E-state index is 12.9. The van der Waals surface area contributed by atoms with Crippen molar-refractivity contribution in [3.05, 3.63) is 83.5 Å². The molecule has 5 rings (SSSR count). The summed E-state index contributed by atoms with van der Waals surface area (Å²) in [4.78, 5) is 30.9. The number of amides is 3. The predicted molar refractivity (Wildman–Crippen MR) is 124 cm³/mol. The van der Waals surface area contributed by atoms with Gasteiger partial charge >= 0.3 is 6.03 Å². The van der Waals surface area contributed by atoms with Crippen LogP contribution in [0.4, 0.5) is 10.5 Å². The summed E-state index contributed by atoms with van der Waals surface area (Å²) in [5.74, 6) is -0.594. The SMILES string of the molecule is NC(=O)c1c(-c2cccc(Cl)c2)nn2c1CN(C(=O)Nc1ccc(-n3ccnc3)cc1)CC2. The summed E-state index contributed by atoms with van der Waals surface area (Å²) >= 11 is 6.12.